The van der Waals surface area contributed by atoms with Crippen molar-refractivity contribution in [2.45, 2.75) is 33.7 Å². The Balaban J connectivity index is 2.51. The Kier molecular flexibility index (Phi) is 3.93. The summed E-state index contributed by atoms with van der Waals surface area (Å²) in [6, 6.07) is 0.437. The molecule has 0 radical (unpaired) electrons. The second-order valence-corrected chi connectivity index (χ2v) is 4.67. The molecule has 3 nitrogen and oxygen atoms in total. The Morgan fingerprint density at radius 3 is 2.57 bits per heavy atom. The second kappa shape index (κ2) is 4.78. The van der Waals surface area contributed by atoms with E-state index >= 15 is 0 Å². The van der Waals surface area contributed by atoms with Crippen LogP contribution in [-0.4, -0.2) is 36.5 Å². The van der Waals surface area contributed by atoms with Gasteiger partial charge in [-0.15, -0.1) is 0 Å². The maximum atomic E-state index is 12.0. The predicted molar refractivity (Wildman–Crippen MR) is 58.0 cm³/mol. The van der Waals surface area contributed by atoms with Gasteiger partial charge in [-0.2, -0.15) is 0 Å². The molecule has 1 N–H and O–H groups in total. The minimum atomic E-state index is 0.153. The van der Waals surface area contributed by atoms with Crippen molar-refractivity contribution in [1.29, 1.82) is 0 Å². The van der Waals surface area contributed by atoms with Gasteiger partial charge in [0.05, 0.1) is 0 Å². The fraction of sp³-hybridized carbons (Fsp3) is 0.909. The lowest BCUT2D eigenvalue weighted by atomic mass is 9.96. The predicted octanol–water partition coefficient (Wildman–Crippen LogP) is 1.10. The van der Waals surface area contributed by atoms with E-state index in [1.54, 1.807) is 0 Å². The van der Waals surface area contributed by atoms with Gasteiger partial charge in [0.25, 0.3) is 0 Å². The molecule has 1 heterocycles. The topological polar surface area (TPSA) is 32.3 Å². The van der Waals surface area contributed by atoms with E-state index in [-0.39, 0.29) is 5.92 Å². The number of rotatable bonds is 2. The zero-order chi connectivity index (χ0) is 10.7. The normalized spacial score (nSPS) is 25.2. The molecule has 1 aliphatic rings. The molecule has 82 valence electrons. The number of carbonyl (C=O) groups is 1. The molecule has 1 rings (SSSR count). The molecule has 1 amide bonds. The van der Waals surface area contributed by atoms with Crippen LogP contribution in [0.15, 0.2) is 0 Å². The van der Waals surface area contributed by atoms with Crippen LogP contribution in [0.1, 0.15) is 27.7 Å². The van der Waals surface area contributed by atoms with E-state index in [1.807, 2.05) is 11.8 Å². The highest BCUT2D eigenvalue weighted by Crippen LogP contribution is 2.14. The van der Waals surface area contributed by atoms with Crippen LogP contribution in [0, 0.1) is 11.8 Å². The van der Waals surface area contributed by atoms with Gasteiger partial charge >= 0.3 is 0 Å². The molecular weight excluding hydrogens is 176 g/mol. The molecule has 0 aromatic rings. The van der Waals surface area contributed by atoms with E-state index in [9.17, 15) is 4.79 Å². The van der Waals surface area contributed by atoms with Crippen LogP contribution >= 0.6 is 0 Å². The third kappa shape index (κ3) is 2.71. The van der Waals surface area contributed by atoms with E-state index in [0.29, 0.717) is 17.9 Å². The molecule has 1 unspecified atom stereocenters. The zero-order valence-corrected chi connectivity index (χ0v) is 9.71. The van der Waals surface area contributed by atoms with Gasteiger partial charge in [0.1, 0.15) is 0 Å². The van der Waals surface area contributed by atoms with Gasteiger partial charge in [-0.05, 0) is 12.8 Å². The maximum absolute atomic E-state index is 12.0. The van der Waals surface area contributed by atoms with Gasteiger partial charge in [0, 0.05) is 31.6 Å². The Hall–Kier alpha value is -0.570. The number of piperazine rings is 1. The first-order valence-corrected chi connectivity index (χ1v) is 5.54. The number of hydrogen-bond acceptors (Lipinski definition) is 2. The standard InChI is InChI=1S/C11H22N2O/c1-8(2)10(4)11(14)13-6-5-12-9(3)7-13/h8-10,12H,5-7H2,1-4H3/t9-,10?/m1/s1. The average molecular weight is 198 g/mol. The van der Waals surface area contributed by atoms with Crippen molar-refractivity contribution in [1.82, 2.24) is 10.2 Å². The fourth-order valence-electron chi connectivity index (χ4n) is 1.71. The molecule has 2 atom stereocenters. The summed E-state index contributed by atoms with van der Waals surface area (Å²) in [5, 5.41) is 3.34. The molecule has 0 spiro atoms. The summed E-state index contributed by atoms with van der Waals surface area (Å²) in [6.45, 7) is 11.0. The van der Waals surface area contributed by atoms with Crippen molar-refractivity contribution in [3.8, 4) is 0 Å². The van der Waals surface area contributed by atoms with Crippen LogP contribution in [0.3, 0.4) is 0 Å². The highest BCUT2D eigenvalue weighted by molar-refractivity contribution is 5.78. The highest BCUT2D eigenvalue weighted by Gasteiger charge is 2.25. The Bertz CT molecular complexity index is 203. The Morgan fingerprint density at radius 2 is 2.07 bits per heavy atom. The maximum Gasteiger partial charge on any atom is 0.225 e. The largest absolute Gasteiger partial charge is 0.340 e. The molecule has 14 heavy (non-hydrogen) atoms. The molecule has 0 aromatic carbocycles. The average Bonchev–Trinajstić information content (AvgIpc) is 2.15. The summed E-state index contributed by atoms with van der Waals surface area (Å²) in [4.78, 5) is 14.0. The number of amides is 1. The van der Waals surface area contributed by atoms with Crippen LogP contribution in [0.2, 0.25) is 0 Å². The fourth-order valence-corrected chi connectivity index (χ4v) is 1.71. The quantitative estimate of drug-likeness (QED) is 0.720. The summed E-state index contributed by atoms with van der Waals surface area (Å²) >= 11 is 0. The molecule has 3 heteroatoms. The van der Waals surface area contributed by atoms with E-state index in [0.717, 1.165) is 19.6 Å². The Morgan fingerprint density at radius 1 is 1.43 bits per heavy atom. The summed E-state index contributed by atoms with van der Waals surface area (Å²) in [5.74, 6) is 0.904. The molecule has 0 bridgehead atoms. The van der Waals surface area contributed by atoms with E-state index in [1.165, 1.54) is 0 Å². The highest BCUT2D eigenvalue weighted by atomic mass is 16.2. The van der Waals surface area contributed by atoms with Crippen molar-refractivity contribution in [2.75, 3.05) is 19.6 Å². The molecule has 0 aliphatic carbocycles. The molecule has 0 saturated carbocycles. The van der Waals surface area contributed by atoms with Crippen LogP contribution in [-0.2, 0) is 4.79 Å². The SMILES string of the molecule is CC(C)C(C)C(=O)N1CCN[C@H](C)C1. The molecule has 1 saturated heterocycles. The summed E-state index contributed by atoms with van der Waals surface area (Å²) in [5.41, 5.74) is 0. The lowest BCUT2D eigenvalue weighted by Crippen LogP contribution is -2.52. The second-order valence-electron chi connectivity index (χ2n) is 4.67. The Labute approximate surface area is 86.9 Å². The molecular formula is C11H22N2O. The summed E-state index contributed by atoms with van der Waals surface area (Å²) in [7, 11) is 0. The number of carbonyl (C=O) groups excluding carboxylic acids is 1. The van der Waals surface area contributed by atoms with Crippen molar-refractivity contribution in [2.24, 2.45) is 11.8 Å². The van der Waals surface area contributed by atoms with E-state index < -0.39 is 0 Å². The van der Waals surface area contributed by atoms with Gasteiger partial charge < -0.3 is 10.2 Å². The summed E-state index contributed by atoms with van der Waals surface area (Å²) in [6.07, 6.45) is 0. The lowest BCUT2D eigenvalue weighted by molar-refractivity contribution is -0.137. The first-order chi connectivity index (χ1) is 6.52. The smallest absolute Gasteiger partial charge is 0.225 e. The van der Waals surface area contributed by atoms with Gasteiger partial charge in [-0.25, -0.2) is 0 Å². The van der Waals surface area contributed by atoms with E-state index in [2.05, 4.69) is 26.1 Å². The van der Waals surface area contributed by atoms with Crippen molar-refractivity contribution in [3.63, 3.8) is 0 Å². The number of nitrogens with one attached hydrogen (secondary N) is 1. The van der Waals surface area contributed by atoms with E-state index in [4.69, 9.17) is 0 Å². The third-order valence-electron chi connectivity index (χ3n) is 3.07. The molecule has 1 fully saturated rings. The van der Waals surface area contributed by atoms with Gasteiger partial charge in [-0.3, -0.25) is 4.79 Å². The van der Waals surface area contributed by atoms with Gasteiger partial charge in [-0.1, -0.05) is 20.8 Å². The molecule has 0 aromatic heterocycles. The zero-order valence-electron chi connectivity index (χ0n) is 9.71. The van der Waals surface area contributed by atoms with Crippen molar-refractivity contribution < 1.29 is 4.79 Å². The van der Waals surface area contributed by atoms with Crippen molar-refractivity contribution >= 4 is 5.91 Å². The summed E-state index contributed by atoms with van der Waals surface area (Å²) < 4.78 is 0. The first kappa shape index (κ1) is 11.5. The molecule has 1 aliphatic heterocycles. The number of hydrogen-bond donors (Lipinski definition) is 1. The van der Waals surface area contributed by atoms with Crippen LogP contribution in [0.4, 0.5) is 0 Å². The van der Waals surface area contributed by atoms with Crippen molar-refractivity contribution in [3.05, 3.63) is 0 Å². The van der Waals surface area contributed by atoms with Crippen LogP contribution < -0.4 is 5.32 Å². The third-order valence-corrected chi connectivity index (χ3v) is 3.07. The monoisotopic (exact) mass is 198 g/mol. The number of nitrogens with zero attached hydrogens (tertiary/aromatic N) is 1. The van der Waals surface area contributed by atoms with Gasteiger partial charge in [0.2, 0.25) is 5.91 Å². The van der Waals surface area contributed by atoms with Crippen LogP contribution in [0.25, 0.3) is 0 Å². The first-order valence-electron chi connectivity index (χ1n) is 5.54. The van der Waals surface area contributed by atoms with Gasteiger partial charge in [0.15, 0.2) is 0 Å². The lowest BCUT2D eigenvalue weighted by Gasteiger charge is -2.34. The minimum absolute atomic E-state index is 0.153. The minimum Gasteiger partial charge on any atom is -0.340 e. The van der Waals surface area contributed by atoms with Crippen LogP contribution in [0.5, 0.6) is 0 Å².